The van der Waals surface area contributed by atoms with E-state index < -0.39 is 29.3 Å². The number of phenolic OH excluding ortho intramolecular Hbond substituents is 1. The van der Waals surface area contributed by atoms with Gasteiger partial charge in [0, 0.05) is 16.3 Å². The Labute approximate surface area is 176 Å². The average molecular weight is 424 g/mol. The van der Waals surface area contributed by atoms with E-state index in [2.05, 4.69) is 0 Å². The molecule has 1 aliphatic heterocycles. The van der Waals surface area contributed by atoms with Gasteiger partial charge in [0.2, 0.25) is 0 Å². The van der Waals surface area contributed by atoms with Crippen LogP contribution in [-0.2, 0) is 9.59 Å². The van der Waals surface area contributed by atoms with Crippen molar-refractivity contribution in [2.24, 2.45) is 0 Å². The molecule has 1 fully saturated rings. The molecule has 0 radical (unpaired) electrons. The van der Waals surface area contributed by atoms with Crippen molar-refractivity contribution in [3.63, 3.8) is 0 Å². The molecule has 5 nitrogen and oxygen atoms in total. The first kappa shape index (κ1) is 19.7. The summed E-state index contributed by atoms with van der Waals surface area (Å²) in [5.74, 6) is -2.62. The summed E-state index contributed by atoms with van der Waals surface area (Å²) < 4.78 is 13.3. The van der Waals surface area contributed by atoms with E-state index in [1.54, 1.807) is 30.3 Å². The monoisotopic (exact) mass is 423 g/mol. The Hall–Kier alpha value is -3.64. The summed E-state index contributed by atoms with van der Waals surface area (Å²) in [6, 6.07) is 16.4. The van der Waals surface area contributed by atoms with Gasteiger partial charge in [-0.15, -0.1) is 0 Å². The van der Waals surface area contributed by atoms with Gasteiger partial charge in [0.05, 0.1) is 11.6 Å². The number of nitrogens with zero attached hydrogens (tertiary/aromatic N) is 1. The van der Waals surface area contributed by atoms with Crippen molar-refractivity contribution in [1.29, 1.82) is 0 Å². The third kappa shape index (κ3) is 3.42. The number of aliphatic hydroxyl groups is 1. The molecule has 1 amide bonds. The van der Waals surface area contributed by atoms with Gasteiger partial charge in [-0.3, -0.25) is 14.5 Å². The lowest BCUT2D eigenvalue weighted by Gasteiger charge is -2.25. The predicted octanol–water partition coefficient (Wildman–Crippen LogP) is 4.81. The zero-order chi connectivity index (χ0) is 21.4. The Balaban J connectivity index is 1.95. The lowest BCUT2D eigenvalue weighted by molar-refractivity contribution is -0.132. The summed E-state index contributed by atoms with van der Waals surface area (Å²) in [4.78, 5) is 27.1. The molecule has 30 heavy (non-hydrogen) atoms. The molecule has 0 bridgehead atoms. The quantitative estimate of drug-likeness (QED) is 0.360. The van der Waals surface area contributed by atoms with Crippen molar-refractivity contribution >= 4 is 34.7 Å². The average Bonchev–Trinajstić information content (AvgIpc) is 2.99. The Morgan fingerprint density at radius 3 is 2.27 bits per heavy atom. The molecule has 1 unspecified atom stereocenters. The van der Waals surface area contributed by atoms with Gasteiger partial charge in [0.15, 0.2) is 0 Å². The fourth-order valence-electron chi connectivity index (χ4n) is 3.46. The second-order valence-electron chi connectivity index (χ2n) is 6.75. The number of carbonyl (C=O) groups excluding carboxylic acids is 2. The molecule has 1 aliphatic rings. The minimum Gasteiger partial charge on any atom is -0.508 e. The lowest BCUT2D eigenvalue weighted by Crippen LogP contribution is -2.29. The van der Waals surface area contributed by atoms with Crippen LogP contribution in [0, 0.1) is 5.82 Å². The minimum atomic E-state index is -0.964. The third-order valence-corrected chi connectivity index (χ3v) is 5.09. The second kappa shape index (κ2) is 7.65. The number of carbonyl (C=O) groups is 2. The van der Waals surface area contributed by atoms with Crippen molar-refractivity contribution in [1.82, 2.24) is 0 Å². The first-order valence-electron chi connectivity index (χ1n) is 8.98. The Bertz CT molecular complexity index is 1170. The number of anilines is 1. The summed E-state index contributed by atoms with van der Waals surface area (Å²) in [5.41, 5.74) is 0.929. The molecule has 4 rings (SSSR count). The van der Waals surface area contributed by atoms with Crippen LogP contribution in [0.2, 0.25) is 5.02 Å². The van der Waals surface area contributed by atoms with Crippen molar-refractivity contribution in [3.05, 3.63) is 100 Å². The highest BCUT2D eigenvalue weighted by Gasteiger charge is 2.47. The van der Waals surface area contributed by atoms with E-state index in [1.807, 2.05) is 0 Å². The molecule has 3 aromatic carbocycles. The fourth-order valence-corrected chi connectivity index (χ4v) is 3.64. The molecule has 7 heteroatoms. The molecule has 0 saturated carbocycles. The number of benzene rings is 3. The van der Waals surface area contributed by atoms with Gasteiger partial charge < -0.3 is 10.2 Å². The maximum atomic E-state index is 13.3. The maximum Gasteiger partial charge on any atom is 0.300 e. The molecule has 150 valence electrons. The van der Waals surface area contributed by atoms with Gasteiger partial charge in [-0.25, -0.2) is 4.39 Å². The van der Waals surface area contributed by atoms with Gasteiger partial charge in [-0.05, 0) is 60.2 Å². The smallest absolute Gasteiger partial charge is 0.300 e. The number of amides is 1. The molecule has 2 N–H and O–H groups in total. The van der Waals surface area contributed by atoms with Crippen molar-refractivity contribution in [3.8, 4) is 5.75 Å². The molecular formula is C23H15ClFNO4. The van der Waals surface area contributed by atoms with E-state index in [9.17, 15) is 24.2 Å². The van der Waals surface area contributed by atoms with Crippen LogP contribution in [0.25, 0.3) is 5.76 Å². The number of aromatic hydroxyl groups is 1. The van der Waals surface area contributed by atoms with Crippen LogP contribution in [0.5, 0.6) is 5.75 Å². The van der Waals surface area contributed by atoms with Gasteiger partial charge >= 0.3 is 0 Å². The molecule has 1 atom stereocenters. The van der Waals surface area contributed by atoms with Crippen LogP contribution in [0.4, 0.5) is 10.1 Å². The lowest BCUT2D eigenvalue weighted by atomic mass is 9.95. The summed E-state index contributed by atoms with van der Waals surface area (Å²) in [6.45, 7) is 0. The van der Waals surface area contributed by atoms with E-state index >= 15 is 0 Å². The number of hydrogen-bond donors (Lipinski definition) is 2. The standard InChI is InChI=1S/C23H15ClFNO4/c24-15-2-1-3-17(12-15)26-20(13-6-10-18(27)11-7-13)19(22(29)23(26)30)21(28)14-4-8-16(25)9-5-14/h1-12,20,27-28H/b21-19+. The Morgan fingerprint density at radius 2 is 1.63 bits per heavy atom. The maximum absolute atomic E-state index is 13.3. The number of hydrogen-bond acceptors (Lipinski definition) is 4. The van der Waals surface area contributed by atoms with Gasteiger partial charge in [-0.1, -0.05) is 29.8 Å². The summed E-state index contributed by atoms with van der Waals surface area (Å²) in [5, 5.41) is 20.9. The topological polar surface area (TPSA) is 77.8 Å². The summed E-state index contributed by atoms with van der Waals surface area (Å²) in [6.07, 6.45) is 0. The summed E-state index contributed by atoms with van der Waals surface area (Å²) in [7, 11) is 0. The number of aliphatic hydroxyl groups excluding tert-OH is 1. The Morgan fingerprint density at radius 1 is 0.967 bits per heavy atom. The van der Waals surface area contributed by atoms with Crippen molar-refractivity contribution in [2.75, 3.05) is 4.90 Å². The van der Waals surface area contributed by atoms with Crippen molar-refractivity contribution < 1.29 is 24.2 Å². The third-order valence-electron chi connectivity index (χ3n) is 4.86. The molecule has 1 heterocycles. The van der Waals surface area contributed by atoms with E-state index in [-0.39, 0.29) is 16.9 Å². The Kier molecular flexibility index (Phi) is 5.01. The number of halogens is 2. The molecule has 0 spiro atoms. The zero-order valence-electron chi connectivity index (χ0n) is 15.4. The molecule has 0 aliphatic carbocycles. The van der Waals surface area contributed by atoms with Crippen LogP contribution >= 0.6 is 11.6 Å². The molecule has 1 saturated heterocycles. The van der Waals surface area contributed by atoms with E-state index in [0.717, 1.165) is 12.1 Å². The SMILES string of the molecule is O=C1C(=O)N(c2cccc(Cl)c2)C(c2ccc(O)cc2)/C1=C(\O)c1ccc(F)cc1. The predicted molar refractivity (Wildman–Crippen MR) is 111 cm³/mol. The molecule has 3 aromatic rings. The fraction of sp³-hybridized carbons (Fsp3) is 0.0435. The van der Waals surface area contributed by atoms with Crippen molar-refractivity contribution in [2.45, 2.75) is 6.04 Å². The van der Waals surface area contributed by atoms with Crippen LogP contribution in [0.3, 0.4) is 0 Å². The second-order valence-corrected chi connectivity index (χ2v) is 7.18. The van der Waals surface area contributed by atoms with Crippen LogP contribution in [-0.4, -0.2) is 21.9 Å². The first-order chi connectivity index (χ1) is 14.4. The van der Waals surface area contributed by atoms with Gasteiger partial charge in [0.1, 0.15) is 17.3 Å². The zero-order valence-corrected chi connectivity index (χ0v) is 16.2. The van der Waals surface area contributed by atoms with E-state index in [0.29, 0.717) is 16.3 Å². The molecule has 0 aromatic heterocycles. The normalized spacial score (nSPS) is 18.1. The number of phenols is 1. The van der Waals surface area contributed by atoms with E-state index in [4.69, 9.17) is 11.6 Å². The molecular weight excluding hydrogens is 409 g/mol. The van der Waals surface area contributed by atoms with Crippen LogP contribution < -0.4 is 4.90 Å². The van der Waals surface area contributed by atoms with Gasteiger partial charge in [0.25, 0.3) is 11.7 Å². The highest BCUT2D eigenvalue weighted by atomic mass is 35.5. The van der Waals surface area contributed by atoms with Crippen LogP contribution in [0.15, 0.2) is 78.4 Å². The van der Waals surface area contributed by atoms with E-state index in [1.165, 1.54) is 35.2 Å². The number of ketones is 1. The van der Waals surface area contributed by atoms with Gasteiger partial charge in [-0.2, -0.15) is 0 Å². The largest absolute Gasteiger partial charge is 0.508 e. The first-order valence-corrected chi connectivity index (χ1v) is 9.36. The highest BCUT2D eigenvalue weighted by molar-refractivity contribution is 6.51. The summed E-state index contributed by atoms with van der Waals surface area (Å²) >= 11 is 6.08. The van der Waals surface area contributed by atoms with Crippen LogP contribution in [0.1, 0.15) is 17.2 Å². The number of rotatable bonds is 3. The number of Topliss-reactive ketones (excluding diaryl/α,β-unsaturated/α-hetero) is 1. The highest BCUT2D eigenvalue weighted by Crippen LogP contribution is 2.42. The minimum absolute atomic E-state index is 0.0111.